The minimum absolute atomic E-state index is 0.212. The Labute approximate surface area is 168 Å². The SMILES string of the molecule is CC(C)(C(=O)Nc1cccc(C#N)c1)C(=O)N1CCN(C(=O)c2ccco2)CC1. The van der Waals surface area contributed by atoms with Crippen LogP contribution in [0.1, 0.15) is 30.0 Å². The summed E-state index contributed by atoms with van der Waals surface area (Å²) >= 11 is 0. The summed E-state index contributed by atoms with van der Waals surface area (Å²) < 4.78 is 5.14. The van der Waals surface area contributed by atoms with Gasteiger partial charge in [0.15, 0.2) is 5.76 Å². The van der Waals surface area contributed by atoms with Crippen LogP contribution in [0.2, 0.25) is 0 Å². The van der Waals surface area contributed by atoms with E-state index >= 15 is 0 Å². The number of hydrogen-bond donors (Lipinski definition) is 1. The summed E-state index contributed by atoms with van der Waals surface area (Å²) in [7, 11) is 0. The van der Waals surface area contributed by atoms with Crippen molar-refractivity contribution in [2.75, 3.05) is 31.5 Å². The van der Waals surface area contributed by atoms with Crippen molar-refractivity contribution >= 4 is 23.4 Å². The fourth-order valence-corrected chi connectivity index (χ4v) is 3.11. The largest absolute Gasteiger partial charge is 0.459 e. The lowest BCUT2D eigenvalue weighted by atomic mass is 9.89. The number of benzene rings is 1. The molecule has 0 saturated carbocycles. The molecule has 3 amide bonds. The van der Waals surface area contributed by atoms with Gasteiger partial charge in [0.2, 0.25) is 11.8 Å². The molecule has 0 unspecified atom stereocenters. The number of nitrogens with one attached hydrogen (secondary N) is 1. The Kier molecular flexibility index (Phi) is 5.69. The van der Waals surface area contributed by atoms with E-state index in [4.69, 9.17) is 9.68 Å². The highest BCUT2D eigenvalue weighted by atomic mass is 16.3. The molecule has 2 heterocycles. The van der Waals surface area contributed by atoms with Crippen molar-refractivity contribution in [2.24, 2.45) is 5.41 Å². The minimum atomic E-state index is -1.30. The molecular weight excluding hydrogens is 372 g/mol. The molecule has 0 bridgehead atoms. The van der Waals surface area contributed by atoms with E-state index in [1.807, 2.05) is 6.07 Å². The van der Waals surface area contributed by atoms with Crippen LogP contribution in [0.3, 0.4) is 0 Å². The Morgan fingerprint density at radius 1 is 1.07 bits per heavy atom. The molecule has 150 valence electrons. The third kappa shape index (κ3) is 4.29. The summed E-state index contributed by atoms with van der Waals surface area (Å²) in [6.07, 6.45) is 1.44. The molecule has 29 heavy (non-hydrogen) atoms. The first kappa shape index (κ1) is 20.1. The highest BCUT2D eigenvalue weighted by Crippen LogP contribution is 2.23. The van der Waals surface area contributed by atoms with Crippen LogP contribution in [0.5, 0.6) is 0 Å². The number of anilines is 1. The lowest BCUT2D eigenvalue weighted by Gasteiger charge is -2.37. The second-order valence-electron chi connectivity index (χ2n) is 7.33. The van der Waals surface area contributed by atoms with Crippen molar-refractivity contribution in [3.8, 4) is 6.07 Å². The highest BCUT2D eigenvalue weighted by molar-refractivity contribution is 6.10. The molecular formula is C21H22N4O4. The Morgan fingerprint density at radius 2 is 1.76 bits per heavy atom. The standard InChI is InChI=1S/C21H22N4O4/c1-21(2,19(27)23-16-6-3-5-15(13-16)14-22)20(28)25-10-8-24(9-11-25)18(26)17-7-4-12-29-17/h3-7,12-13H,8-11H2,1-2H3,(H,23,27). The smallest absolute Gasteiger partial charge is 0.289 e. The zero-order valence-corrected chi connectivity index (χ0v) is 16.3. The maximum absolute atomic E-state index is 13.0. The number of nitriles is 1. The number of carbonyl (C=O) groups excluding carboxylic acids is 3. The molecule has 1 fully saturated rings. The van der Waals surface area contributed by atoms with Gasteiger partial charge in [-0.1, -0.05) is 6.07 Å². The van der Waals surface area contributed by atoms with E-state index in [2.05, 4.69) is 5.32 Å². The maximum Gasteiger partial charge on any atom is 0.289 e. The average Bonchev–Trinajstić information content (AvgIpc) is 3.27. The summed E-state index contributed by atoms with van der Waals surface area (Å²) in [6, 6.07) is 11.8. The third-order valence-corrected chi connectivity index (χ3v) is 4.94. The first-order valence-electron chi connectivity index (χ1n) is 9.26. The Balaban J connectivity index is 1.61. The van der Waals surface area contributed by atoms with E-state index in [-0.39, 0.29) is 17.6 Å². The van der Waals surface area contributed by atoms with Gasteiger partial charge in [0.25, 0.3) is 5.91 Å². The number of hydrogen-bond acceptors (Lipinski definition) is 5. The molecule has 1 aliphatic heterocycles. The third-order valence-electron chi connectivity index (χ3n) is 4.94. The van der Waals surface area contributed by atoms with E-state index in [1.165, 1.54) is 6.26 Å². The summed E-state index contributed by atoms with van der Waals surface area (Å²) in [5.41, 5.74) is -0.413. The number of carbonyl (C=O) groups is 3. The molecule has 1 aromatic heterocycles. The normalized spacial score (nSPS) is 14.2. The topological polar surface area (TPSA) is 107 Å². The van der Waals surface area contributed by atoms with Crippen LogP contribution >= 0.6 is 0 Å². The lowest BCUT2D eigenvalue weighted by Crippen LogP contribution is -2.55. The number of piperazine rings is 1. The van der Waals surface area contributed by atoms with Crippen molar-refractivity contribution in [3.05, 3.63) is 54.0 Å². The molecule has 0 aliphatic carbocycles. The molecule has 1 N–H and O–H groups in total. The van der Waals surface area contributed by atoms with Crippen LogP contribution in [-0.4, -0.2) is 53.7 Å². The zero-order chi connectivity index (χ0) is 21.0. The second kappa shape index (κ2) is 8.19. The number of nitrogens with zero attached hydrogens (tertiary/aromatic N) is 3. The van der Waals surface area contributed by atoms with Gasteiger partial charge in [0.1, 0.15) is 5.41 Å². The van der Waals surface area contributed by atoms with Gasteiger partial charge < -0.3 is 19.5 Å². The number of amides is 3. The van der Waals surface area contributed by atoms with E-state index in [0.29, 0.717) is 37.4 Å². The van der Waals surface area contributed by atoms with Gasteiger partial charge >= 0.3 is 0 Å². The van der Waals surface area contributed by atoms with E-state index in [0.717, 1.165) is 0 Å². The molecule has 0 atom stereocenters. The predicted molar refractivity (Wildman–Crippen MR) is 105 cm³/mol. The molecule has 1 saturated heterocycles. The number of furan rings is 1. The second-order valence-corrected chi connectivity index (χ2v) is 7.33. The fraction of sp³-hybridized carbons (Fsp3) is 0.333. The highest BCUT2D eigenvalue weighted by Gasteiger charge is 2.40. The van der Waals surface area contributed by atoms with Crippen LogP contribution in [0.4, 0.5) is 5.69 Å². The quantitative estimate of drug-likeness (QED) is 0.799. The van der Waals surface area contributed by atoms with Crippen LogP contribution in [-0.2, 0) is 9.59 Å². The van der Waals surface area contributed by atoms with Gasteiger partial charge in [0, 0.05) is 31.9 Å². The van der Waals surface area contributed by atoms with E-state index < -0.39 is 11.3 Å². The van der Waals surface area contributed by atoms with Crippen LogP contribution in [0.25, 0.3) is 0 Å². The average molecular weight is 394 g/mol. The van der Waals surface area contributed by atoms with E-state index in [9.17, 15) is 14.4 Å². The van der Waals surface area contributed by atoms with Gasteiger partial charge in [0.05, 0.1) is 17.9 Å². The number of rotatable bonds is 4. The lowest BCUT2D eigenvalue weighted by molar-refractivity contribution is -0.147. The summed E-state index contributed by atoms with van der Waals surface area (Å²) in [4.78, 5) is 41.3. The molecule has 1 aromatic carbocycles. The van der Waals surface area contributed by atoms with Crippen molar-refractivity contribution in [1.82, 2.24) is 9.80 Å². The first-order chi connectivity index (χ1) is 13.8. The molecule has 1 aliphatic rings. The summed E-state index contributed by atoms with van der Waals surface area (Å²) in [6.45, 7) is 4.55. The van der Waals surface area contributed by atoms with E-state index in [1.54, 1.807) is 60.0 Å². The molecule has 0 radical (unpaired) electrons. The molecule has 3 rings (SSSR count). The van der Waals surface area contributed by atoms with Crippen molar-refractivity contribution < 1.29 is 18.8 Å². The fourth-order valence-electron chi connectivity index (χ4n) is 3.11. The summed E-state index contributed by atoms with van der Waals surface area (Å²) in [5.74, 6) is -0.705. The zero-order valence-electron chi connectivity index (χ0n) is 16.3. The van der Waals surface area contributed by atoms with Crippen molar-refractivity contribution in [2.45, 2.75) is 13.8 Å². The maximum atomic E-state index is 13.0. The van der Waals surface area contributed by atoms with Crippen molar-refractivity contribution in [1.29, 1.82) is 5.26 Å². The molecule has 0 spiro atoms. The Bertz CT molecular complexity index is 951. The molecule has 8 heteroatoms. The van der Waals surface area contributed by atoms with Gasteiger partial charge in [-0.05, 0) is 44.2 Å². The van der Waals surface area contributed by atoms with Gasteiger partial charge in [-0.25, -0.2) is 0 Å². The Hall–Kier alpha value is -3.60. The van der Waals surface area contributed by atoms with Gasteiger partial charge in [-0.2, -0.15) is 5.26 Å². The van der Waals surface area contributed by atoms with Crippen molar-refractivity contribution in [3.63, 3.8) is 0 Å². The predicted octanol–water partition coefficient (Wildman–Crippen LogP) is 2.10. The molecule has 2 aromatic rings. The molecule has 8 nitrogen and oxygen atoms in total. The van der Waals surface area contributed by atoms with Crippen LogP contribution in [0.15, 0.2) is 47.1 Å². The van der Waals surface area contributed by atoms with Gasteiger partial charge in [-0.15, -0.1) is 0 Å². The van der Waals surface area contributed by atoms with Crippen LogP contribution in [0, 0.1) is 16.7 Å². The van der Waals surface area contributed by atoms with Gasteiger partial charge in [-0.3, -0.25) is 14.4 Å². The Morgan fingerprint density at radius 3 is 2.38 bits per heavy atom. The minimum Gasteiger partial charge on any atom is -0.459 e. The van der Waals surface area contributed by atoms with Crippen LogP contribution < -0.4 is 5.32 Å². The summed E-state index contributed by atoms with van der Waals surface area (Å²) in [5, 5.41) is 11.7. The monoisotopic (exact) mass is 394 g/mol. The first-order valence-corrected chi connectivity index (χ1v) is 9.26.